The molecule has 0 aromatic carbocycles. The molecule has 1 unspecified atom stereocenters. The molecular formula is C27H36O7. The van der Waals surface area contributed by atoms with Crippen molar-refractivity contribution in [1.82, 2.24) is 0 Å². The Hall–Kier alpha value is -2.56. The lowest BCUT2D eigenvalue weighted by Gasteiger charge is -2.19. The van der Waals surface area contributed by atoms with E-state index in [1.54, 1.807) is 13.8 Å². The molecule has 0 bridgehead atoms. The first-order chi connectivity index (χ1) is 16.3. The number of carbonyl (C=O) groups is 1. The zero-order valence-electron chi connectivity index (χ0n) is 20.3. The average molecular weight is 473 g/mol. The molecule has 0 saturated heterocycles. The van der Waals surface area contributed by atoms with Crippen molar-refractivity contribution in [2.45, 2.75) is 84.5 Å². The highest BCUT2D eigenvalue weighted by Gasteiger charge is 2.45. The number of fused-ring (bicyclic) bond motifs is 1. The van der Waals surface area contributed by atoms with E-state index in [2.05, 4.69) is 17.9 Å². The van der Waals surface area contributed by atoms with Crippen molar-refractivity contribution < 1.29 is 28.6 Å². The van der Waals surface area contributed by atoms with Gasteiger partial charge in [0.2, 0.25) is 0 Å². The fourth-order valence-corrected chi connectivity index (χ4v) is 5.03. The van der Waals surface area contributed by atoms with Crippen molar-refractivity contribution in [3.8, 4) is 11.8 Å². The van der Waals surface area contributed by atoms with Crippen LogP contribution in [0.5, 0.6) is 0 Å². The van der Waals surface area contributed by atoms with E-state index < -0.39 is 11.9 Å². The maximum Gasteiger partial charge on any atom is 0.519 e. The summed E-state index contributed by atoms with van der Waals surface area (Å²) in [5, 5.41) is 20.9. The lowest BCUT2D eigenvalue weighted by Crippen LogP contribution is -2.19. The highest BCUT2D eigenvalue weighted by Crippen LogP contribution is 2.50. The number of esters is 1. The highest BCUT2D eigenvalue weighted by atomic mass is 16.6. The summed E-state index contributed by atoms with van der Waals surface area (Å²) in [6.07, 6.45) is 10.3. The number of hydrogen-bond acceptors (Lipinski definition) is 7. The van der Waals surface area contributed by atoms with E-state index in [0.717, 1.165) is 25.7 Å². The number of aryl methyl sites for hydroxylation is 1. The van der Waals surface area contributed by atoms with E-state index in [0.29, 0.717) is 36.9 Å². The second kappa shape index (κ2) is 12.2. The molecule has 0 aliphatic heterocycles. The fraction of sp³-hybridized carbons (Fsp3) is 0.630. The molecule has 2 aliphatic carbocycles. The number of allylic oxidation sites excluding steroid dienone is 2. The Kier molecular flexibility index (Phi) is 9.37. The van der Waals surface area contributed by atoms with Crippen LogP contribution in [-0.2, 0) is 16.1 Å². The monoisotopic (exact) mass is 472 g/mol. The normalized spacial score (nSPS) is 26.9. The molecule has 3 rings (SSSR count). The van der Waals surface area contributed by atoms with Crippen LogP contribution in [0.15, 0.2) is 37.4 Å². The van der Waals surface area contributed by atoms with Gasteiger partial charge in [0.05, 0.1) is 12.2 Å². The Morgan fingerprint density at radius 2 is 2.12 bits per heavy atom. The minimum absolute atomic E-state index is 0.0611. The van der Waals surface area contributed by atoms with Crippen LogP contribution >= 0.6 is 0 Å². The van der Waals surface area contributed by atoms with Crippen LogP contribution in [0.4, 0.5) is 0 Å². The third kappa shape index (κ3) is 6.97. The van der Waals surface area contributed by atoms with E-state index in [1.807, 2.05) is 19.1 Å². The lowest BCUT2D eigenvalue weighted by molar-refractivity contribution is -0.145. The molecule has 6 atom stereocenters. The second-order valence-electron chi connectivity index (χ2n) is 9.55. The Morgan fingerprint density at radius 3 is 2.82 bits per heavy atom. The van der Waals surface area contributed by atoms with Gasteiger partial charge in [0.15, 0.2) is 18.1 Å². The van der Waals surface area contributed by atoms with Gasteiger partial charge in [-0.05, 0) is 63.7 Å². The predicted octanol–water partition coefficient (Wildman–Crippen LogP) is 4.05. The summed E-state index contributed by atoms with van der Waals surface area (Å²) in [4.78, 5) is 23.0. The second-order valence-corrected chi connectivity index (χ2v) is 9.55. The van der Waals surface area contributed by atoms with Gasteiger partial charge in [0.25, 0.3) is 0 Å². The van der Waals surface area contributed by atoms with Gasteiger partial charge >= 0.3 is 11.8 Å². The molecular weight excluding hydrogens is 436 g/mol. The largest absolute Gasteiger partial charge is 0.519 e. The summed E-state index contributed by atoms with van der Waals surface area (Å²) < 4.78 is 14.7. The molecule has 0 radical (unpaired) electrons. The van der Waals surface area contributed by atoms with Gasteiger partial charge in [0, 0.05) is 18.8 Å². The van der Waals surface area contributed by atoms with E-state index in [1.165, 1.54) is 5.57 Å². The van der Waals surface area contributed by atoms with Crippen molar-refractivity contribution in [1.29, 1.82) is 0 Å². The Balaban J connectivity index is 1.42. The highest BCUT2D eigenvalue weighted by molar-refractivity contribution is 5.69. The van der Waals surface area contributed by atoms with E-state index in [4.69, 9.17) is 13.6 Å². The molecule has 1 aromatic heterocycles. The topological polar surface area (TPSA) is 110 Å². The zero-order chi connectivity index (χ0) is 24.7. The summed E-state index contributed by atoms with van der Waals surface area (Å²) in [5.74, 6) is 6.28. The first kappa shape index (κ1) is 26.1. The van der Waals surface area contributed by atoms with E-state index in [-0.39, 0.29) is 36.3 Å². The number of unbranched alkanes of at least 4 members (excludes halogenated alkanes) is 1. The molecule has 7 heteroatoms. The summed E-state index contributed by atoms with van der Waals surface area (Å²) in [6.45, 7) is 5.27. The predicted molar refractivity (Wildman–Crippen MR) is 126 cm³/mol. The number of aliphatic hydroxyl groups is 2. The third-order valence-electron chi connectivity index (χ3n) is 7.04. The van der Waals surface area contributed by atoms with E-state index in [9.17, 15) is 19.8 Å². The average Bonchev–Trinajstić information content (AvgIpc) is 3.43. The van der Waals surface area contributed by atoms with Crippen molar-refractivity contribution in [3.05, 3.63) is 45.9 Å². The summed E-state index contributed by atoms with van der Waals surface area (Å²) >= 11 is 0. The molecule has 1 aromatic rings. The fourth-order valence-electron chi connectivity index (χ4n) is 5.03. The van der Waals surface area contributed by atoms with Gasteiger partial charge in [0.1, 0.15) is 0 Å². The van der Waals surface area contributed by atoms with Crippen LogP contribution < -0.4 is 5.82 Å². The van der Waals surface area contributed by atoms with Gasteiger partial charge in [-0.25, -0.2) is 4.79 Å². The van der Waals surface area contributed by atoms with Gasteiger partial charge in [-0.1, -0.05) is 30.7 Å². The molecule has 0 amide bonds. The lowest BCUT2D eigenvalue weighted by atomic mass is 9.89. The quantitative estimate of drug-likeness (QED) is 0.229. The Morgan fingerprint density at radius 1 is 1.32 bits per heavy atom. The molecule has 2 aliphatic rings. The van der Waals surface area contributed by atoms with Crippen molar-refractivity contribution >= 4 is 5.97 Å². The van der Waals surface area contributed by atoms with Crippen LogP contribution in [0.3, 0.4) is 0 Å². The number of hydrogen-bond donors (Lipinski definition) is 2. The molecule has 2 fully saturated rings. The smallest absolute Gasteiger partial charge is 0.457 e. The van der Waals surface area contributed by atoms with Gasteiger partial charge in [-0.2, -0.15) is 0 Å². The zero-order valence-corrected chi connectivity index (χ0v) is 20.3. The minimum atomic E-state index is -0.797. The standard InChI is InChI=1S/C27H36O7/c1-4-5-8-17(2)23(28)12-11-21-22-14-19(13-20(22)15-24(21)29)9-6-7-10-26(30)32-16-25-18(3)33-27(31)34-25/h9,11-12,17,20-24,28-29H,6-8,10,13-16H2,1-3H3/t17?,20-,21+,22-,23+,24+/m0/s1. The first-order valence-electron chi connectivity index (χ1n) is 12.2. The molecule has 0 spiro atoms. The summed E-state index contributed by atoms with van der Waals surface area (Å²) in [7, 11) is 0. The SMILES string of the molecule is CC#CCC(C)[C@H](O)C=C[C@@H]1[C@H]2CC(=CCCCC(=O)OCc3oc(=O)oc3C)C[C@H]2C[C@H]1O. The molecule has 7 nitrogen and oxygen atoms in total. The van der Waals surface area contributed by atoms with Crippen LogP contribution in [0.1, 0.15) is 70.3 Å². The molecule has 2 N–H and O–H groups in total. The number of carbonyl (C=O) groups excluding carboxylic acids is 1. The molecule has 186 valence electrons. The number of rotatable bonds is 10. The van der Waals surface area contributed by atoms with Crippen molar-refractivity contribution in [2.24, 2.45) is 23.7 Å². The van der Waals surface area contributed by atoms with Crippen molar-refractivity contribution in [3.63, 3.8) is 0 Å². The van der Waals surface area contributed by atoms with Gasteiger partial charge < -0.3 is 23.8 Å². The van der Waals surface area contributed by atoms with Gasteiger partial charge in [-0.15, -0.1) is 11.8 Å². The first-order valence-corrected chi connectivity index (χ1v) is 12.2. The summed E-state index contributed by atoms with van der Waals surface area (Å²) in [6, 6.07) is 0. The van der Waals surface area contributed by atoms with Crippen LogP contribution in [0, 0.1) is 42.4 Å². The van der Waals surface area contributed by atoms with Crippen molar-refractivity contribution in [2.75, 3.05) is 0 Å². The maximum absolute atomic E-state index is 11.9. The number of ether oxygens (including phenoxy) is 1. The van der Waals surface area contributed by atoms with Crippen LogP contribution in [0.2, 0.25) is 0 Å². The maximum atomic E-state index is 11.9. The minimum Gasteiger partial charge on any atom is -0.457 e. The third-order valence-corrected chi connectivity index (χ3v) is 7.04. The Labute approximate surface area is 200 Å². The van der Waals surface area contributed by atoms with E-state index >= 15 is 0 Å². The molecule has 1 heterocycles. The van der Waals surface area contributed by atoms with Crippen LogP contribution in [-0.4, -0.2) is 28.4 Å². The molecule has 2 saturated carbocycles. The molecule has 34 heavy (non-hydrogen) atoms. The van der Waals surface area contributed by atoms with Gasteiger partial charge in [-0.3, -0.25) is 4.79 Å². The number of aliphatic hydroxyl groups excluding tert-OH is 2. The summed E-state index contributed by atoms with van der Waals surface area (Å²) in [5.41, 5.74) is 1.39. The Bertz CT molecular complexity index is 1000. The van der Waals surface area contributed by atoms with Crippen LogP contribution in [0.25, 0.3) is 0 Å².